The molecule has 0 radical (unpaired) electrons. The summed E-state index contributed by atoms with van der Waals surface area (Å²) in [6.45, 7) is 4.24. The van der Waals surface area contributed by atoms with E-state index in [0.29, 0.717) is 13.0 Å². The van der Waals surface area contributed by atoms with Crippen molar-refractivity contribution in [1.82, 2.24) is 0 Å². The number of rotatable bonds is 7. The number of halogens is 1. The summed E-state index contributed by atoms with van der Waals surface area (Å²) in [5, 5.41) is 3.32. The predicted molar refractivity (Wildman–Crippen MR) is 112 cm³/mol. The third-order valence-corrected chi connectivity index (χ3v) is 11.3. The molecule has 3 heteroatoms. The van der Waals surface area contributed by atoms with Crippen molar-refractivity contribution in [2.45, 2.75) is 0 Å². The first kappa shape index (κ1) is 17.9. The van der Waals surface area contributed by atoms with Crippen LogP contribution < -0.4 is 15.9 Å². The first-order valence-electron chi connectivity index (χ1n) is 8.28. The molecule has 0 unspecified atom stereocenters. The quantitative estimate of drug-likeness (QED) is 0.330. The van der Waals surface area contributed by atoms with Crippen LogP contribution in [0.1, 0.15) is 0 Å². The molecule has 1 nitrogen and oxygen atoms in total. The molecule has 0 saturated heterocycles. The molecule has 0 bridgehead atoms. The van der Waals surface area contributed by atoms with Gasteiger partial charge in [-0.15, -0.1) is 0 Å². The van der Waals surface area contributed by atoms with Gasteiger partial charge in [0.15, 0.2) is 0 Å². The standard InChI is InChI=1S/C22H22ClOP/c1-2-18-24-19-25(23,20-12-6-3-7-13-20,21-14-8-4-9-15-21)22-16-10-5-11-17-22/h2-17H,1,18-19H2. The molecule has 0 saturated carbocycles. The molecule has 3 aromatic carbocycles. The Morgan fingerprint density at radius 1 is 0.720 bits per heavy atom. The Labute approximate surface area is 154 Å². The number of hydrogen-bond donors (Lipinski definition) is 0. The van der Waals surface area contributed by atoms with E-state index < -0.39 is 5.96 Å². The minimum absolute atomic E-state index is 0.428. The third kappa shape index (κ3) is 3.16. The summed E-state index contributed by atoms with van der Waals surface area (Å²) in [5.41, 5.74) is 0. The summed E-state index contributed by atoms with van der Waals surface area (Å²) in [7, 11) is 0. The van der Waals surface area contributed by atoms with Gasteiger partial charge in [-0.25, -0.2) is 0 Å². The maximum atomic E-state index is 7.78. The molecular formula is C22H22ClOP. The van der Waals surface area contributed by atoms with Gasteiger partial charge in [0.2, 0.25) is 0 Å². The van der Waals surface area contributed by atoms with Gasteiger partial charge in [-0.3, -0.25) is 0 Å². The van der Waals surface area contributed by atoms with Crippen molar-refractivity contribution < 1.29 is 4.74 Å². The normalized spacial score (nSPS) is 12.9. The van der Waals surface area contributed by atoms with Crippen LogP contribution in [0.5, 0.6) is 0 Å². The van der Waals surface area contributed by atoms with Crippen LogP contribution in [0.15, 0.2) is 104 Å². The molecule has 0 N–H and O–H groups in total. The Hall–Kier alpha value is -1.92. The van der Waals surface area contributed by atoms with Gasteiger partial charge >= 0.3 is 154 Å². The fourth-order valence-electron chi connectivity index (χ4n) is 3.19. The molecule has 0 aromatic heterocycles. The molecule has 0 spiro atoms. The van der Waals surface area contributed by atoms with Crippen molar-refractivity contribution in [1.29, 1.82) is 0 Å². The number of benzene rings is 3. The monoisotopic (exact) mass is 368 g/mol. The molecule has 128 valence electrons. The second kappa shape index (κ2) is 7.54. The van der Waals surface area contributed by atoms with E-state index in [1.165, 1.54) is 0 Å². The van der Waals surface area contributed by atoms with Gasteiger partial charge in [-0.05, 0) is 0 Å². The average Bonchev–Trinajstić information content (AvgIpc) is 2.70. The number of hydrogen-bond acceptors (Lipinski definition) is 1. The van der Waals surface area contributed by atoms with Gasteiger partial charge < -0.3 is 0 Å². The van der Waals surface area contributed by atoms with E-state index in [1.54, 1.807) is 6.08 Å². The maximum absolute atomic E-state index is 7.78. The number of ether oxygens (including phenoxy) is 1. The predicted octanol–water partition coefficient (Wildman–Crippen LogP) is 4.83. The van der Waals surface area contributed by atoms with Crippen molar-refractivity contribution in [3.8, 4) is 0 Å². The zero-order valence-electron chi connectivity index (χ0n) is 14.1. The second-order valence-electron chi connectivity index (χ2n) is 5.98. The van der Waals surface area contributed by atoms with Gasteiger partial charge in [0.1, 0.15) is 0 Å². The van der Waals surface area contributed by atoms with Crippen LogP contribution in [0.25, 0.3) is 0 Å². The molecular weight excluding hydrogens is 347 g/mol. The fraction of sp³-hybridized carbons (Fsp3) is 0.0909. The summed E-state index contributed by atoms with van der Waals surface area (Å²) in [6.07, 6.45) is 2.19. The molecule has 3 aromatic rings. The van der Waals surface area contributed by atoms with Gasteiger partial charge in [-0.2, -0.15) is 0 Å². The van der Waals surface area contributed by atoms with E-state index in [0.717, 1.165) is 15.9 Å². The van der Waals surface area contributed by atoms with Crippen molar-refractivity contribution in [3.63, 3.8) is 0 Å². The zero-order chi connectivity index (χ0) is 17.6. The fourth-order valence-corrected chi connectivity index (χ4v) is 8.59. The van der Waals surface area contributed by atoms with Crippen molar-refractivity contribution >= 4 is 33.1 Å². The van der Waals surface area contributed by atoms with Gasteiger partial charge in [0.25, 0.3) is 0 Å². The van der Waals surface area contributed by atoms with E-state index >= 15 is 0 Å². The Kier molecular flexibility index (Phi) is 5.39. The molecule has 0 heterocycles. The van der Waals surface area contributed by atoms with Crippen LogP contribution in [0.4, 0.5) is 0 Å². The molecule has 0 atom stereocenters. The topological polar surface area (TPSA) is 9.23 Å². The SMILES string of the molecule is C=CCOCP(Cl)(c1ccccc1)(c1ccccc1)c1ccccc1. The summed E-state index contributed by atoms with van der Waals surface area (Å²) in [5.74, 6) is -3.27. The van der Waals surface area contributed by atoms with Crippen LogP contribution in [0.2, 0.25) is 0 Å². The molecule has 25 heavy (non-hydrogen) atoms. The first-order chi connectivity index (χ1) is 12.2. The molecule has 3 rings (SSSR count). The van der Waals surface area contributed by atoms with E-state index in [4.69, 9.17) is 16.0 Å². The summed E-state index contributed by atoms with van der Waals surface area (Å²) < 4.78 is 6.02. The summed E-state index contributed by atoms with van der Waals surface area (Å²) in [4.78, 5) is 0. The van der Waals surface area contributed by atoms with Crippen LogP contribution in [0.3, 0.4) is 0 Å². The molecule has 0 aliphatic carbocycles. The summed E-state index contributed by atoms with van der Waals surface area (Å²) in [6, 6.07) is 31.0. The first-order valence-corrected chi connectivity index (χ1v) is 11.6. The van der Waals surface area contributed by atoms with E-state index in [9.17, 15) is 0 Å². The molecule has 0 aliphatic heterocycles. The van der Waals surface area contributed by atoms with Crippen molar-refractivity contribution in [2.24, 2.45) is 0 Å². The average molecular weight is 369 g/mol. The van der Waals surface area contributed by atoms with Gasteiger partial charge in [-0.1, -0.05) is 0 Å². The zero-order valence-corrected chi connectivity index (χ0v) is 15.7. The van der Waals surface area contributed by atoms with Crippen LogP contribution in [0, 0.1) is 0 Å². The Balaban J connectivity index is 2.33. The van der Waals surface area contributed by atoms with E-state index in [-0.39, 0.29) is 0 Å². The van der Waals surface area contributed by atoms with Crippen molar-refractivity contribution in [3.05, 3.63) is 104 Å². The minimum atomic E-state index is -3.27. The van der Waals surface area contributed by atoms with E-state index in [2.05, 4.69) is 43.0 Å². The second-order valence-corrected chi connectivity index (χ2v) is 12.4. The third-order valence-electron chi connectivity index (χ3n) is 4.45. The van der Waals surface area contributed by atoms with Crippen LogP contribution >= 0.6 is 17.2 Å². The Bertz CT molecular complexity index is 719. The Morgan fingerprint density at radius 2 is 1.08 bits per heavy atom. The van der Waals surface area contributed by atoms with E-state index in [1.807, 2.05) is 54.6 Å². The molecule has 0 amide bonds. The van der Waals surface area contributed by atoms with Crippen LogP contribution in [-0.4, -0.2) is 13.0 Å². The van der Waals surface area contributed by atoms with Crippen molar-refractivity contribution in [2.75, 3.05) is 13.0 Å². The van der Waals surface area contributed by atoms with Crippen LogP contribution in [-0.2, 0) is 4.74 Å². The Morgan fingerprint density at radius 3 is 1.40 bits per heavy atom. The van der Waals surface area contributed by atoms with Gasteiger partial charge in [0.05, 0.1) is 0 Å². The molecule has 0 fully saturated rings. The summed E-state index contributed by atoms with van der Waals surface area (Å²) >= 11 is 7.78. The van der Waals surface area contributed by atoms with Gasteiger partial charge in [0, 0.05) is 0 Å². The molecule has 0 aliphatic rings.